The van der Waals surface area contributed by atoms with E-state index in [1.807, 2.05) is 0 Å². The van der Waals surface area contributed by atoms with Crippen LogP contribution >= 0.6 is 0 Å². The van der Waals surface area contributed by atoms with E-state index in [2.05, 4.69) is 0 Å². The molecule has 6 nitrogen and oxygen atoms in total. The maximum atomic E-state index is 9.63. The van der Waals surface area contributed by atoms with E-state index in [9.17, 15) is 15.3 Å². The number of ether oxygens (including phenoxy) is 1. The molecular weight excluding hydrogens is 202 g/mol. The Morgan fingerprint density at radius 1 is 1.27 bits per heavy atom. The number of hydrogen-bond acceptors (Lipinski definition) is 6. The molecule has 1 rings (SSSR count). The minimum absolute atomic E-state index is 0.229. The zero-order valence-electron chi connectivity index (χ0n) is 8.78. The van der Waals surface area contributed by atoms with Gasteiger partial charge in [0.05, 0.1) is 25.4 Å². The molecule has 0 saturated carbocycles. The van der Waals surface area contributed by atoms with E-state index < -0.39 is 24.4 Å². The average molecular weight is 221 g/mol. The highest BCUT2D eigenvalue weighted by molar-refractivity contribution is 4.93. The summed E-state index contributed by atoms with van der Waals surface area (Å²) >= 11 is 0. The maximum Gasteiger partial charge on any atom is 0.109 e. The van der Waals surface area contributed by atoms with Crippen LogP contribution in [-0.2, 0) is 4.74 Å². The summed E-state index contributed by atoms with van der Waals surface area (Å²) < 4.78 is 4.89. The molecule has 0 aliphatic carbocycles. The van der Waals surface area contributed by atoms with Crippen molar-refractivity contribution in [1.29, 1.82) is 0 Å². The van der Waals surface area contributed by atoms with Gasteiger partial charge in [0.1, 0.15) is 12.2 Å². The van der Waals surface area contributed by atoms with Crippen molar-refractivity contribution < 1.29 is 25.2 Å². The smallest absolute Gasteiger partial charge is 0.109 e. The van der Waals surface area contributed by atoms with Crippen molar-refractivity contribution in [3.8, 4) is 0 Å². The number of methoxy groups -OCH3 is 1. The van der Waals surface area contributed by atoms with Crippen LogP contribution in [-0.4, -0.2) is 83.1 Å². The summed E-state index contributed by atoms with van der Waals surface area (Å²) in [6, 6.07) is -0.543. The summed E-state index contributed by atoms with van der Waals surface area (Å²) in [5, 5.41) is 37.6. The van der Waals surface area contributed by atoms with Gasteiger partial charge in [0.15, 0.2) is 0 Å². The van der Waals surface area contributed by atoms with Crippen LogP contribution in [0.3, 0.4) is 0 Å². The van der Waals surface area contributed by atoms with Gasteiger partial charge < -0.3 is 25.2 Å². The first-order chi connectivity index (χ1) is 7.11. The molecule has 0 aromatic carbocycles. The van der Waals surface area contributed by atoms with Crippen molar-refractivity contribution >= 4 is 0 Å². The van der Waals surface area contributed by atoms with Gasteiger partial charge in [-0.2, -0.15) is 0 Å². The second kappa shape index (κ2) is 5.74. The zero-order chi connectivity index (χ0) is 11.4. The fraction of sp³-hybridized carbons (Fsp3) is 1.00. The molecule has 0 aromatic heterocycles. The maximum absolute atomic E-state index is 9.63. The largest absolute Gasteiger partial charge is 0.395 e. The fourth-order valence-electron chi connectivity index (χ4n) is 1.84. The quantitative estimate of drug-likeness (QED) is 0.416. The first kappa shape index (κ1) is 12.8. The summed E-state index contributed by atoms with van der Waals surface area (Å²) in [6.07, 6.45) is -3.31. The highest BCUT2D eigenvalue weighted by atomic mass is 16.5. The van der Waals surface area contributed by atoms with E-state index in [-0.39, 0.29) is 13.2 Å². The molecular formula is C9H19NO5. The fourth-order valence-corrected chi connectivity index (χ4v) is 1.84. The summed E-state index contributed by atoms with van der Waals surface area (Å²) in [6.45, 7) is 0.927. The first-order valence-corrected chi connectivity index (χ1v) is 4.99. The van der Waals surface area contributed by atoms with E-state index >= 15 is 0 Å². The lowest BCUT2D eigenvalue weighted by Gasteiger charge is -2.42. The molecule has 1 saturated heterocycles. The molecule has 15 heavy (non-hydrogen) atoms. The molecule has 1 aliphatic rings. The average Bonchev–Trinajstić information content (AvgIpc) is 2.23. The van der Waals surface area contributed by atoms with Crippen molar-refractivity contribution in [2.24, 2.45) is 0 Å². The third-order valence-electron chi connectivity index (χ3n) is 2.80. The number of hydrogen-bond donors (Lipinski definition) is 4. The number of β-amino-alcohol motifs (C(OH)–C–C–N with tert-alkyl or cyclic N) is 1. The molecule has 1 heterocycles. The van der Waals surface area contributed by atoms with E-state index in [0.29, 0.717) is 13.2 Å². The van der Waals surface area contributed by atoms with Crippen molar-refractivity contribution in [3.05, 3.63) is 0 Å². The number of aliphatic hydroxyl groups excluding tert-OH is 4. The normalized spacial score (nSPS) is 38.2. The molecule has 0 amide bonds. The van der Waals surface area contributed by atoms with Crippen LogP contribution in [0.25, 0.3) is 0 Å². The molecule has 0 bridgehead atoms. The van der Waals surface area contributed by atoms with Crippen LogP contribution in [0.5, 0.6) is 0 Å². The standard InChI is InChI=1S/C9H19NO5/c1-15-3-2-10-4-7(12)9(14)8(13)6(10)5-11/h6-9,11-14H,2-5H2,1H3. The summed E-state index contributed by atoms with van der Waals surface area (Å²) in [5.74, 6) is 0. The lowest BCUT2D eigenvalue weighted by atomic mass is 9.94. The Morgan fingerprint density at radius 3 is 2.47 bits per heavy atom. The lowest BCUT2D eigenvalue weighted by Crippen LogP contribution is -2.62. The van der Waals surface area contributed by atoms with Gasteiger partial charge in [-0.15, -0.1) is 0 Å². The van der Waals surface area contributed by atoms with Crippen LogP contribution < -0.4 is 0 Å². The van der Waals surface area contributed by atoms with Gasteiger partial charge in [0.25, 0.3) is 0 Å². The van der Waals surface area contributed by atoms with Gasteiger partial charge in [0, 0.05) is 20.2 Å². The van der Waals surface area contributed by atoms with Gasteiger partial charge in [-0.1, -0.05) is 0 Å². The van der Waals surface area contributed by atoms with Crippen LogP contribution in [0, 0.1) is 0 Å². The Balaban J connectivity index is 2.60. The Labute approximate surface area is 88.7 Å². The molecule has 4 unspecified atom stereocenters. The van der Waals surface area contributed by atoms with Crippen molar-refractivity contribution in [2.75, 3.05) is 33.4 Å². The predicted octanol–water partition coefficient (Wildman–Crippen LogP) is -2.61. The Kier molecular flexibility index (Phi) is 4.91. The summed E-state index contributed by atoms with van der Waals surface area (Å²) in [5.41, 5.74) is 0. The van der Waals surface area contributed by atoms with Crippen LogP contribution in [0.1, 0.15) is 0 Å². The number of nitrogens with zero attached hydrogens (tertiary/aromatic N) is 1. The Hall–Kier alpha value is -0.240. The SMILES string of the molecule is COCCN1CC(O)C(O)C(O)C1CO. The predicted molar refractivity (Wildman–Crippen MR) is 52.3 cm³/mol. The molecule has 1 aliphatic heterocycles. The highest BCUT2D eigenvalue weighted by Gasteiger charge is 2.40. The van der Waals surface area contributed by atoms with Gasteiger partial charge >= 0.3 is 0 Å². The second-order valence-corrected chi connectivity index (χ2v) is 3.79. The van der Waals surface area contributed by atoms with Gasteiger partial charge in [0.2, 0.25) is 0 Å². The minimum atomic E-state index is -1.19. The minimum Gasteiger partial charge on any atom is -0.395 e. The van der Waals surface area contributed by atoms with Crippen LogP contribution in [0.4, 0.5) is 0 Å². The van der Waals surface area contributed by atoms with E-state index in [1.165, 1.54) is 0 Å². The third kappa shape index (κ3) is 2.87. The number of likely N-dealkylation sites (tertiary alicyclic amines) is 1. The Morgan fingerprint density at radius 2 is 1.93 bits per heavy atom. The number of rotatable bonds is 4. The summed E-state index contributed by atoms with van der Waals surface area (Å²) in [7, 11) is 1.56. The lowest BCUT2D eigenvalue weighted by molar-refractivity contribution is -0.147. The molecule has 0 spiro atoms. The molecule has 6 heteroatoms. The molecule has 4 N–H and O–H groups in total. The van der Waals surface area contributed by atoms with Crippen molar-refractivity contribution in [1.82, 2.24) is 4.90 Å². The number of piperidine rings is 1. The van der Waals surface area contributed by atoms with Crippen LogP contribution in [0.15, 0.2) is 0 Å². The number of aliphatic hydroxyl groups is 4. The zero-order valence-corrected chi connectivity index (χ0v) is 8.78. The van der Waals surface area contributed by atoms with E-state index in [4.69, 9.17) is 9.84 Å². The van der Waals surface area contributed by atoms with E-state index in [1.54, 1.807) is 12.0 Å². The molecule has 1 fully saturated rings. The third-order valence-corrected chi connectivity index (χ3v) is 2.80. The molecule has 4 atom stereocenters. The topological polar surface area (TPSA) is 93.4 Å². The Bertz CT molecular complexity index is 191. The molecule has 0 radical (unpaired) electrons. The van der Waals surface area contributed by atoms with Crippen molar-refractivity contribution in [3.63, 3.8) is 0 Å². The van der Waals surface area contributed by atoms with Gasteiger partial charge in [-0.3, -0.25) is 4.90 Å². The second-order valence-electron chi connectivity index (χ2n) is 3.79. The van der Waals surface area contributed by atoms with E-state index in [0.717, 1.165) is 0 Å². The molecule has 90 valence electrons. The first-order valence-electron chi connectivity index (χ1n) is 4.99. The van der Waals surface area contributed by atoms with Crippen molar-refractivity contribution in [2.45, 2.75) is 24.4 Å². The summed E-state index contributed by atoms with van der Waals surface area (Å²) in [4.78, 5) is 1.71. The molecule has 0 aromatic rings. The van der Waals surface area contributed by atoms with Crippen LogP contribution in [0.2, 0.25) is 0 Å². The monoisotopic (exact) mass is 221 g/mol. The highest BCUT2D eigenvalue weighted by Crippen LogP contribution is 2.18. The van der Waals surface area contributed by atoms with Gasteiger partial charge in [-0.25, -0.2) is 0 Å². The van der Waals surface area contributed by atoms with Gasteiger partial charge in [-0.05, 0) is 0 Å².